The van der Waals surface area contributed by atoms with Gasteiger partial charge in [0.05, 0.1) is 31.4 Å². The van der Waals surface area contributed by atoms with Crippen LogP contribution in [0.1, 0.15) is 40.0 Å². The zero-order chi connectivity index (χ0) is 26.9. The summed E-state index contributed by atoms with van der Waals surface area (Å²) in [6.45, 7) is 0.912. The summed E-state index contributed by atoms with van der Waals surface area (Å²) in [4.78, 5) is 21.4. The van der Waals surface area contributed by atoms with Crippen molar-refractivity contribution in [3.05, 3.63) is 71.4 Å². The molecule has 1 aromatic carbocycles. The lowest BCUT2D eigenvalue weighted by Gasteiger charge is -2.36. The average Bonchev–Trinajstić information content (AvgIpc) is 3.48. The average molecular weight is 545 g/mol. The second kappa shape index (κ2) is 10.5. The van der Waals surface area contributed by atoms with E-state index in [9.17, 15) is 23.4 Å². The van der Waals surface area contributed by atoms with Gasteiger partial charge in [0.1, 0.15) is 29.5 Å². The number of aromatic nitrogens is 4. The molecule has 3 aromatic rings. The zero-order valence-electron chi connectivity index (χ0n) is 20.5. The fourth-order valence-electron chi connectivity index (χ4n) is 4.53. The molecular weight excluding hydrogens is 516 g/mol. The standard InChI is InChI=1S/C24H28N6O7S/c1-25-38(34,35)37-21-9-17(8-20(21)31)28-23-18(10-26-14-27-23)22(32)19-5-6-30(29-19)11-15-3-2-4-16(7-15)24(33)12-36-13-24/h2-7,10,14,17,20-21,25,31,33H,8-9,11-13H2,1H3,(H,26,27,28)/t17-,20+,21-/m1/s1. The van der Waals surface area contributed by atoms with Crippen molar-refractivity contribution in [2.45, 2.75) is 43.2 Å². The van der Waals surface area contributed by atoms with Gasteiger partial charge >= 0.3 is 10.3 Å². The molecule has 14 heteroatoms. The minimum absolute atomic E-state index is 0.189. The number of hydrogen-bond acceptors (Lipinski definition) is 11. The highest BCUT2D eigenvalue weighted by atomic mass is 32.2. The summed E-state index contributed by atoms with van der Waals surface area (Å²) in [7, 11) is -2.74. The topological polar surface area (TPSA) is 178 Å². The Kier molecular flexibility index (Phi) is 7.26. The van der Waals surface area contributed by atoms with Crippen LogP contribution in [0.4, 0.5) is 5.82 Å². The Labute approximate surface area is 219 Å². The lowest BCUT2D eigenvalue weighted by molar-refractivity contribution is -0.184. The Morgan fingerprint density at radius 1 is 1.29 bits per heavy atom. The predicted octanol–water partition coefficient (Wildman–Crippen LogP) is -0.0452. The Hall–Kier alpha value is -3.27. The maximum Gasteiger partial charge on any atom is 0.335 e. The molecule has 2 aromatic heterocycles. The first-order valence-corrected chi connectivity index (χ1v) is 13.4. The molecule has 2 fully saturated rings. The molecule has 5 rings (SSSR count). The van der Waals surface area contributed by atoms with Crippen LogP contribution >= 0.6 is 0 Å². The molecule has 1 saturated heterocycles. The number of ether oxygens (including phenoxy) is 1. The van der Waals surface area contributed by atoms with Crippen LogP contribution in [-0.4, -0.2) is 82.7 Å². The number of hydrogen-bond donors (Lipinski definition) is 4. The molecule has 2 aliphatic rings. The van der Waals surface area contributed by atoms with Crippen molar-refractivity contribution in [1.29, 1.82) is 0 Å². The molecule has 0 amide bonds. The number of carbonyl (C=O) groups is 1. The summed E-state index contributed by atoms with van der Waals surface area (Å²) in [5.74, 6) is -0.150. The summed E-state index contributed by atoms with van der Waals surface area (Å²) in [6, 6.07) is 8.74. The van der Waals surface area contributed by atoms with Crippen LogP contribution in [0.25, 0.3) is 0 Å². The van der Waals surface area contributed by atoms with Crippen LogP contribution in [0.15, 0.2) is 49.1 Å². The van der Waals surface area contributed by atoms with Crippen molar-refractivity contribution in [1.82, 2.24) is 24.5 Å². The van der Waals surface area contributed by atoms with Crippen LogP contribution in [0.3, 0.4) is 0 Å². The summed E-state index contributed by atoms with van der Waals surface area (Å²) in [5.41, 5.74) is 1.09. The number of aliphatic hydroxyl groups excluding tert-OH is 1. The van der Waals surface area contributed by atoms with Crippen LogP contribution in [0, 0.1) is 0 Å². The Balaban J connectivity index is 1.27. The number of benzene rings is 1. The van der Waals surface area contributed by atoms with E-state index in [-0.39, 0.29) is 49.2 Å². The summed E-state index contributed by atoms with van der Waals surface area (Å²) in [5, 5.41) is 28.3. The summed E-state index contributed by atoms with van der Waals surface area (Å²) in [6.07, 6.45) is 2.81. The zero-order valence-corrected chi connectivity index (χ0v) is 21.3. The van der Waals surface area contributed by atoms with Gasteiger partial charge in [-0.2, -0.15) is 18.2 Å². The number of aliphatic hydroxyl groups is 2. The maximum atomic E-state index is 13.3. The maximum absolute atomic E-state index is 13.3. The number of nitrogens with one attached hydrogen (secondary N) is 2. The summed E-state index contributed by atoms with van der Waals surface area (Å²) < 4.78 is 37.2. The fraction of sp³-hybridized carbons (Fsp3) is 0.417. The minimum atomic E-state index is -3.96. The molecule has 1 aliphatic heterocycles. The van der Waals surface area contributed by atoms with Gasteiger partial charge in [0.25, 0.3) is 0 Å². The highest BCUT2D eigenvalue weighted by Crippen LogP contribution is 2.30. The van der Waals surface area contributed by atoms with Gasteiger partial charge in [-0.1, -0.05) is 24.3 Å². The minimum Gasteiger partial charge on any atom is -0.390 e. The van der Waals surface area contributed by atoms with E-state index in [2.05, 4.69) is 25.1 Å². The van der Waals surface area contributed by atoms with Crippen molar-refractivity contribution in [3.63, 3.8) is 0 Å². The number of carbonyl (C=O) groups excluding carboxylic acids is 1. The molecule has 4 N–H and O–H groups in total. The van der Waals surface area contributed by atoms with Gasteiger partial charge in [0.15, 0.2) is 0 Å². The second-order valence-electron chi connectivity index (χ2n) is 9.41. The molecule has 0 spiro atoms. The van der Waals surface area contributed by atoms with Crippen molar-refractivity contribution < 1.29 is 32.3 Å². The lowest BCUT2D eigenvalue weighted by atomic mass is 9.91. The van der Waals surface area contributed by atoms with Crippen LogP contribution in [-0.2, 0) is 31.4 Å². The quantitative estimate of drug-likeness (QED) is 0.252. The molecule has 38 heavy (non-hydrogen) atoms. The second-order valence-corrected chi connectivity index (χ2v) is 10.9. The Morgan fingerprint density at radius 2 is 2.11 bits per heavy atom. The van der Waals surface area contributed by atoms with E-state index in [0.29, 0.717) is 6.54 Å². The first-order chi connectivity index (χ1) is 18.2. The SMILES string of the molecule is CNS(=O)(=O)O[C@@H]1C[C@H](Nc2ncncc2C(=O)c2ccn(Cc3cccc(C4(O)COC4)c3)n2)C[C@@H]1O. The molecule has 13 nitrogen and oxygen atoms in total. The van der Waals surface area contributed by atoms with Crippen LogP contribution in [0.2, 0.25) is 0 Å². The highest BCUT2D eigenvalue weighted by molar-refractivity contribution is 7.84. The van der Waals surface area contributed by atoms with E-state index in [1.165, 1.54) is 19.6 Å². The third-order valence-electron chi connectivity index (χ3n) is 6.63. The van der Waals surface area contributed by atoms with E-state index >= 15 is 0 Å². The van der Waals surface area contributed by atoms with E-state index in [0.717, 1.165) is 11.1 Å². The van der Waals surface area contributed by atoms with Gasteiger partial charge in [0.2, 0.25) is 5.78 Å². The number of ketones is 1. The first-order valence-electron chi connectivity index (χ1n) is 12.0. The van der Waals surface area contributed by atoms with Crippen molar-refractivity contribution in [2.75, 3.05) is 25.6 Å². The highest BCUT2D eigenvalue weighted by Gasteiger charge is 2.38. The molecular formula is C24H28N6O7S. The van der Waals surface area contributed by atoms with Crippen molar-refractivity contribution in [2.24, 2.45) is 0 Å². The van der Waals surface area contributed by atoms with E-state index in [1.807, 2.05) is 24.3 Å². The number of anilines is 1. The molecule has 3 atom stereocenters. The Morgan fingerprint density at radius 3 is 2.84 bits per heavy atom. The van der Waals surface area contributed by atoms with E-state index in [1.54, 1.807) is 16.9 Å². The summed E-state index contributed by atoms with van der Waals surface area (Å²) >= 11 is 0. The monoisotopic (exact) mass is 544 g/mol. The fourth-order valence-corrected chi connectivity index (χ4v) is 5.16. The van der Waals surface area contributed by atoms with Crippen LogP contribution in [0.5, 0.6) is 0 Å². The Bertz CT molecular complexity index is 1420. The van der Waals surface area contributed by atoms with Crippen LogP contribution < -0.4 is 10.0 Å². The molecule has 3 heterocycles. The van der Waals surface area contributed by atoms with Gasteiger partial charge in [0, 0.05) is 25.5 Å². The van der Waals surface area contributed by atoms with Gasteiger partial charge in [-0.15, -0.1) is 0 Å². The lowest BCUT2D eigenvalue weighted by Crippen LogP contribution is -2.46. The van der Waals surface area contributed by atoms with Gasteiger partial charge in [-0.3, -0.25) is 13.7 Å². The third-order valence-corrected chi connectivity index (χ3v) is 7.63. The molecule has 1 aliphatic carbocycles. The van der Waals surface area contributed by atoms with E-state index in [4.69, 9.17) is 8.92 Å². The van der Waals surface area contributed by atoms with Crippen molar-refractivity contribution >= 4 is 21.9 Å². The predicted molar refractivity (Wildman–Crippen MR) is 133 cm³/mol. The van der Waals surface area contributed by atoms with Crippen molar-refractivity contribution in [3.8, 4) is 0 Å². The number of rotatable bonds is 10. The molecule has 0 unspecified atom stereocenters. The molecule has 1 saturated carbocycles. The molecule has 0 bridgehead atoms. The van der Waals surface area contributed by atoms with E-state index < -0.39 is 33.9 Å². The molecule has 0 radical (unpaired) electrons. The number of nitrogens with zero attached hydrogens (tertiary/aromatic N) is 4. The smallest absolute Gasteiger partial charge is 0.335 e. The molecule has 202 valence electrons. The van der Waals surface area contributed by atoms with Gasteiger partial charge in [-0.25, -0.2) is 9.97 Å². The first kappa shape index (κ1) is 26.3. The van der Waals surface area contributed by atoms with Gasteiger partial charge < -0.3 is 20.3 Å². The third kappa shape index (κ3) is 5.60. The largest absolute Gasteiger partial charge is 0.390 e. The van der Waals surface area contributed by atoms with Gasteiger partial charge in [-0.05, 0) is 30.0 Å². The normalized spacial score (nSPS) is 22.7.